The minimum absolute atomic E-state index is 0.00409. The number of hydrogen-bond donors (Lipinski definition) is 3. The highest BCUT2D eigenvalue weighted by Gasteiger charge is 2.31. The van der Waals surface area contributed by atoms with E-state index >= 15 is 0 Å². The lowest BCUT2D eigenvalue weighted by Gasteiger charge is -2.19. The molecule has 0 saturated carbocycles. The highest BCUT2D eigenvalue weighted by Crippen LogP contribution is 2.29. The molecular formula is C24H31N5O7S2. The second kappa shape index (κ2) is 13.1. The van der Waals surface area contributed by atoms with E-state index in [1.54, 1.807) is 31.3 Å². The number of nitrogens with two attached hydrogens (primary N) is 2. The quantitative estimate of drug-likeness (QED) is 0.112. The van der Waals surface area contributed by atoms with E-state index in [9.17, 15) is 16.8 Å². The van der Waals surface area contributed by atoms with Gasteiger partial charge in [0.05, 0.1) is 13.2 Å². The number of pyridine rings is 1. The second-order valence-electron chi connectivity index (χ2n) is 8.28. The van der Waals surface area contributed by atoms with Crippen LogP contribution in [0, 0.1) is 6.92 Å². The molecule has 1 heterocycles. The van der Waals surface area contributed by atoms with Gasteiger partial charge < -0.3 is 20.4 Å². The molecule has 0 spiro atoms. The summed E-state index contributed by atoms with van der Waals surface area (Å²) in [5.41, 5.74) is 14.4. The zero-order valence-electron chi connectivity index (χ0n) is 21.0. The summed E-state index contributed by atoms with van der Waals surface area (Å²) in [5.74, 6) is 0.346. The Labute approximate surface area is 222 Å². The standard InChI is InChI=1S/C24H31N5O7S2/c1-18-13-20(34-11-6-12-35-28-24(25)26)15-21(14-18)36-38(32,33)23-9-4-3-8-22(23)37(30,31)29(2)17-19-7-5-10-27-16-19/h3-5,7-10,13-16,24,28H,6,11-12,17,25-26H2,1-2H3. The number of sulfonamides is 1. The van der Waals surface area contributed by atoms with Gasteiger partial charge in [-0.05, 0) is 48.4 Å². The van der Waals surface area contributed by atoms with Crippen molar-refractivity contribution in [2.75, 3.05) is 20.3 Å². The van der Waals surface area contributed by atoms with Crippen molar-refractivity contribution in [2.45, 2.75) is 36.0 Å². The van der Waals surface area contributed by atoms with Crippen molar-refractivity contribution in [3.8, 4) is 11.5 Å². The van der Waals surface area contributed by atoms with Gasteiger partial charge in [0.1, 0.15) is 27.6 Å². The monoisotopic (exact) mass is 565 g/mol. The molecule has 0 unspecified atom stereocenters. The molecule has 0 radical (unpaired) electrons. The molecule has 38 heavy (non-hydrogen) atoms. The zero-order valence-corrected chi connectivity index (χ0v) is 22.6. The summed E-state index contributed by atoms with van der Waals surface area (Å²) in [6.45, 7) is 2.30. The van der Waals surface area contributed by atoms with E-state index in [2.05, 4.69) is 10.5 Å². The van der Waals surface area contributed by atoms with Crippen LogP contribution in [0.4, 0.5) is 0 Å². The molecule has 3 rings (SSSR count). The smallest absolute Gasteiger partial charge is 0.340 e. The van der Waals surface area contributed by atoms with Crippen LogP contribution in [0.1, 0.15) is 17.5 Å². The van der Waals surface area contributed by atoms with Gasteiger partial charge >= 0.3 is 10.1 Å². The molecule has 0 fully saturated rings. The number of nitrogens with one attached hydrogen (secondary N) is 1. The van der Waals surface area contributed by atoms with Crippen LogP contribution in [0.2, 0.25) is 0 Å². The number of benzene rings is 2. The van der Waals surface area contributed by atoms with Gasteiger partial charge in [0.2, 0.25) is 10.0 Å². The van der Waals surface area contributed by atoms with Crippen molar-refractivity contribution in [1.29, 1.82) is 0 Å². The average Bonchev–Trinajstić information content (AvgIpc) is 2.86. The first-order valence-corrected chi connectivity index (χ1v) is 14.4. The molecule has 0 aliphatic heterocycles. The molecule has 0 aliphatic carbocycles. The van der Waals surface area contributed by atoms with Crippen molar-refractivity contribution in [1.82, 2.24) is 14.8 Å². The third-order valence-electron chi connectivity index (χ3n) is 5.04. The molecule has 0 atom stereocenters. The molecule has 206 valence electrons. The Morgan fingerprint density at radius 3 is 2.37 bits per heavy atom. The number of rotatable bonds is 14. The maximum absolute atomic E-state index is 13.3. The third kappa shape index (κ3) is 8.19. The van der Waals surface area contributed by atoms with Gasteiger partial charge in [-0.2, -0.15) is 18.2 Å². The summed E-state index contributed by atoms with van der Waals surface area (Å²) in [6, 6.07) is 13.3. The molecule has 3 aromatic rings. The summed E-state index contributed by atoms with van der Waals surface area (Å²) < 4.78 is 65.3. The van der Waals surface area contributed by atoms with Crippen LogP contribution in [0.15, 0.2) is 76.8 Å². The van der Waals surface area contributed by atoms with E-state index in [1.807, 2.05) is 0 Å². The zero-order chi connectivity index (χ0) is 27.8. The Kier molecular flexibility index (Phi) is 10.2. The topological polar surface area (TPSA) is 176 Å². The summed E-state index contributed by atoms with van der Waals surface area (Å²) in [4.78, 5) is 8.14. The molecule has 12 nitrogen and oxygen atoms in total. The molecule has 0 amide bonds. The maximum Gasteiger partial charge on any atom is 0.340 e. The lowest BCUT2D eigenvalue weighted by Crippen LogP contribution is -2.45. The van der Waals surface area contributed by atoms with Gasteiger partial charge in [-0.15, -0.1) is 0 Å². The fourth-order valence-corrected chi connectivity index (χ4v) is 6.21. The van der Waals surface area contributed by atoms with Crippen molar-refractivity contribution >= 4 is 20.1 Å². The number of hydrogen-bond acceptors (Lipinski definition) is 11. The predicted molar refractivity (Wildman–Crippen MR) is 140 cm³/mol. The van der Waals surface area contributed by atoms with E-state index in [0.717, 1.165) is 4.31 Å². The van der Waals surface area contributed by atoms with E-state index in [1.165, 1.54) is 49.6 Å². The number of nitrogens with zero attached hydrogens (tertiary/aromatic N) is 2. The minimum atomic E-state index is -4.53. The van der Waals surface area contributed by atoms with Crippen LogP contribution in [0.5, 0.6) is 11.5 Å². The maximum atomic E-state index is 13.3. The largest absolute Gasteiger partial charge is 0.493 e. The molecule has 0 aliphatic rings. The summed E-state index contributed by atoms with van der Waals surface area (Å²) in [7, 11) is -7.37. The average molecular weight is 566 g/mol. The van der Waals surface area contributed by atoms with Gasteiger partial charge in [-0.1, -0.05) is 18.2 Å². The van der Waals surface area contributed by atoms with Gasteiger partial charge in [-0.3, -0.25) is 9.82 Å². The molecule has 14 heteroatoms. The first-order valence-electron chi connectivity index (χ1n) is 11.5. The Morgan fingerprint density at radius 2 is 1.68 bits per heavy atom. The Morgan fingerprint density at radius 1 is 0.974 bits per heavy atom. The Balaban J connectivity index is 1.77. The Hall–Kier alpha value is -3.11. The summed E-state index contributed by atoms with van der Waals surface area (Å²) in [6.07, 6.45) is 2.81. The number of hydroxylamine groups is 1. The van der Waals surface area contributed by atoms with E-state index in [4.69, 9.17) is 25.2 Å². The minimum Gasteiger partial charge on any atom is -0.493 e. The van der Waals surface area contributed by atoms with E-state index in [-0.39, 0.29) is 25.5 Å². The highest BCUT2D eigenvalue weighted by atomic mass is 32.2. The molecule has 2 aromatic carbocycles. The van der Waals surface area contributed by atoms with Crippen LogP contribution in [0.25, 0.3) is 0 Å². The van der Waals surface area contributed by atoms with Crippen LogP contribution < -0.4 is 25.9 Å². The lowest BCUT2D eigenvalue weighted by atomic mass is 10.2. The second-order valence-corrected chi connectivity index (χ2v) is 11.8. The van der Waals surface area contributed by atoms with Gasteiger partial charge in [0.15, 0.2) is 0 Å². The fourth-order valence-electron chi connectivity index (χ4n) is 3.36. The lowest BCUT2D eigenvalue weighted by molar-refractivity contribution is 0.0128. The summed E-state index contributed by atoms with van der Waals surface area (Å²) in [5, 5.41) is 0. The molecule has 0 saturated heterocycles. The number of aryl methyl sites for hydroxylation is 1. The molecular weight excluding hydrogens is 534 g/mol. The normalized spacial score (nSPS) is 12.2. The third-order valence-corrected chi connectivity index (χ3v) is 8.34. The fraction of sp³-hybridized carbons (Fsp3) is 0.292. The molecule has 1 aromatic heterocycles. The van der Waals surface area contributed by atoms with Crippen molar-refractivity contribution in [2.24, 2.45) is 11.5 Å². The van der Waals surface area contributed by atoms with Crippen LogP contribution >= 0.6 is 0 Å². The van der Waals surface area contributed by atoms with Crippen molar-refractivity contribution in [3.63, 3.8) is 0 Å². The first-order chi connectivity index (χ1) is 18.0. The number of ether oxygens (including phenoxy) is 1. The van der Waals surface area contributed by atoms with Crippen LogP contribution in [-0.2, 0) is 31.5 Å². The van der Waals surface area contributed by atoms with Crippen molar-refractivity contribution < 1.29 is 30.6 Å². The van der Waals surface area contributed by atoms with Gasteiger partial charge in [0, 0.05) is 38.5 Å². The predicted octanol–water partition coefficient (Wildman–Crippen LogP) is 1.47. The molecule has 0 bridgehead atoms. The SMILES string of the molecule is Cc1cc(OCCCONC(N)N)cc(OS(=O)(=O)c2ccccc2S(=O)(=O)N(C)Cc2cccnc2)c1. The van der Waals surface area contributed by atoms with Crippen LogP contribution in [-0.4, -0.2) is 52.7 Å². The Bertz CT molecular complexity index is 1420. The van der Waals surface area contributed by atoms with Gasteiger partial charge in [-0.25, -0.2) is 8.42 Å². The highest BCUT2D eigenvalue weighted by molar-refractivity contribution is 7.91. The first kappa shape index (κ1) is 29.4. The summed E-state index contributed by atoms with van der Waals surface area (Å²) >= 11 is 0. The number of aromatic nitrogens is 1. The van der Waals surface area contributed by atoms with Gasteiger partial charge in [0.25, 0.3) is 0 Å². The van der Waals surface area contributed by atoms with Crippen LogP contribution in [0.3, 0.4) is 0 Å². The van der Waals surface area contributed by atoms with Crippen molar-refractivity contribution in [3.05, 3.63) is 78.1 Å². The molecule has 5 N–H and O–H groups in total. The van der Waals surface area contributed by atoms with E-state index < -0.39 is 36.2 Å². The van der Waals surface area contributed by atoms with E-state index in [0.29, 0.717) is 23.3 Å².